The Morgan fingerprint density at radius 2 is 2.00 bits per heavy atom. The molecule has 94 valence electrons. The summed E-state index contributed by atoms with van der Waals surface area (Å²) < 4.78 is 10.6. The van der Waals surface area contributed by atoms with E-state index < -0.39 is 0 Å². The summed E-state index contributed by atoms with van der Waals surface area (Å²) in [6, 6.07) is 5.84. The third-order valence-electron chi connectivity index (χ3n) is 2.92. The normalized spacial score (nSPS) is 16.0. The van der Waals surface area contributed by atoms with E-state index in [1.807, 2.05) is 32.0 Å². The van der Waals surface area contributed by atoms with Gasteiger partial charge in [-0.05, 0) is 44.4 Å². The standard InChI is InChI=1S/C13H20N2O2/c1-13(2,15)6-5-10(14)9-3-4-11-12(7-9)17-8-16-11/h3-4,7,10H,5-6,8,14-15H2,1-2H3. The quantitative estimate of drug-likeness (QED) is 0.838. The monoisotopic (exact) mass is 236 g/mol. The molecule has 0 amide bonds. The molecule has 0 saturated carbocycles. The van der Waals surface area contributed by atoms with Gasteiger partial charge in [0.2, 0.25) is 6.79 Å². The first kappa shape index (κ1) is 12.2. The van der Waals surface area contributed by atoms with Gasteiger partial charge in [-0.1, -0.05) is 6.07 Å². The van der Waals surface area contributed by atoms with Gasteiger partial charge >= 0.3 is 0 Å². The maximum absolute atomic E-state index is 6.14. The van der Waals surface area contributed by atoms with Gasteiger partial charge in [0.05, 0.1) is 0 Å². The van der Waals surface area contributed by atoms with E-state index >= 15 is 0 Å². The predicted molar refractivity (Wildman–Crippen MR) is 67.0 cm³/mol. The van der Waals surface area contributed by atoms with Crippen LogP contribution in [-0.2, 0) is 0 Å². The first-order valence-corrected chi connectivity index (χ1v) is 5.90. The molecule has 1 aromatic rings. The number of hydrogen-bond acceptors (Lipinski definition) is 4. The Hall–Kier alpha value is -1.26. The van der Waals surface area contributed by atoms with Gasteiger partial charge in [-0.3, -0.25) is 0 Å². The van der Waals surface area contributed by atoms with E-state index in [-0.39, 0.29) is 11.6 Å². The van der Waals surface area contributed by atoms with Crippen LogP contribution in [0, 0.1) is 0 Å². The topological polar surface area (TPSA) is 70.5 Å². The van der Waals surface area contributed by atoms with Crippen molar-refractivity contribution < 1.29 is 9.47 Å². The summed E-state index contributed by atoms with van der Waals surface area (Å²) in [4.78, 5) is 0. The molecule has 0 fully saturated rings. The van der Waals surface area contributed by atoms with Crippen LogP contribution in [0.15, 0.2) is 18.2 Å². The molecule has 0 radical (unpaired) electrons. The van der Waals surface area contributed by atoms with E-state index in [0.717, 1.165) is 29.9 Å². The molecule has 0 saturated heterocycles. The average Bonchev–Trinajstić information content (AvgIpc) is 2.71. The highest BCUT2D eigenvalue weighted by molar-refractivity contribution is 5.45. The Morgan fingerprint density at radius 1 is 1.29 bits per heavy atom. The van der Waals surface area contributed by atoms with Crippen molar-refractivity contribution in [3.8, 4) is 11.5 Å². The van der Waals surface area contributed by atoms with Crippen molar-refractivity contribution in [1.82, 2.24) is 0 Å². The van der Waals surface area contributed by atoms with E-state index in [1.165, 1.54) is 0 Å². The highest BCUT2D eigenvalue weighted by atomic mass is 16.7. The number of benzene rings is 1. The second-order valence-electron chi connectivity index (χ2n) is 5.25. The Labute approximate surface area is 102 Å². The first-order chi connectivity index (χ1) is 7.96. The fourth-order valence-electron chi connectivity index (χ4n) is 1.84. The van der Waals surface area contributed by atoms with E-state index in [9.17, 15) is 0 Å². The van der Waals surface area contributed by atoms with Gasteiger partial charge in [0.1, 0.15) is 0 Å². The largest absolute Gasteiger partial charge is 0.454 e. The Kier molecular flexibility index (Phi) is 3.26. The molecule has 1 aliphatic heterocycles. The van der Waals surface area contributed by atoms with Crippen LogP contribution in [0.25, 0.3) is 0 Å². The van der Waals surface area contributed by atoms with Crippen LogP contribution < -0.4 is 20.9 Å². The minimum absolute atomic E-state index is 0.00711. The zero-order chi connectivity index (χ0) is 12.5. The highest BCUT2D eigenvalue weighted by Gasteiger charge is 2.18. The lowest BCUT2D eigenvalue weighted by molar-refractivity contribution is 0.174. The fourth-order valence-corrected chi connectivity index (χ4v) is 1.84. The number of ether oxygens (including phenoxy) is 2. The average molecular weight is 236 g/mol. The van der Waals surface area contributed by atoms with Crippen LogP contribution in [0.3, 0.4) is 0 Å². The van der Waals surface area contributed by atoms with Gasteiger partial charge < -0.3 is 20.9 Å². The van der Waals surface area contributed by atoms with Crippen molar-refractivity contribution >= 4 is 0 Å². The van der Waals surface area contributed by atoms with Gasteiger partial charge in [0, 0.05) is 11.6 Å². The molecule has 1 atom stereocenters. The first-order valence-electron chi connectivity index (χ1n) is 5.90. The Bertz CT molecular complexity index is 399. The van der Waals surface area contributed by atoms with Gasteiger partial charge in [-0.2, -0.15) is 0 Å². The van der Waals surface area contributed by atoms with Crippen LogP contribution >= 0.6 is 0 Å². The molecule has 1 aromatic carbocycles. The zero-order valence-corrected chi connectivity index (χ0v) is 10.4. The van der Waals surface area contributed by atoms with Crippen molar-refractivity contribution in [3.63, 3.8) is 0 Å². The highest BCUT2D eigenvalue weighted by Crippen LogP contribution is 2.34. The molecule has 4 heteroatoms. The van der Waals surface area contributed by atoms with Gasteiger partial charge in [0.25, 0.3) is 0 Å². The fraction of sp³-hybridized carbons (Fsp3) is 0.538. The number of rotatable bonds is 4. The SMILES string of the molecule is CC(C)(N)CCC(N)c1ccc2c(c1)OCO2. The minimum Gasteiger partial charge on any atom is -0.454 e. The number of hydrogen-bond donors (Lipinski definition) is 2. The molecule has 0 spiro atoms. The van der Waals surface area contributed by atoms with Crippen LogP contribution in [0.2, 0.25) is 0 Å². The summed E-state index contributed by atoms with van der Waals surface area (Å²) in [5, 5.41) is 0. The van der Waals surface area contributed by atoms with E-state index in [4.69, 9.17) is 20.9 Å². The molecule has 0 aliphatic carbocycles. The smallest absolute Gasteiger partial charge is 0.231 e. The third kappa shape index (κ3) is 3.11. The van der Waals surface area contributed by atoms with Crippen molar-refractivity contribution in [2.75, 3.05) is 6.79 Å². The maximum Gasteiger partial charge on any atom is 0.231 e. The molecule has 4 nitrogen and oxygen atoms in total. The van der Waals surface area contributed by atoms with Crippen LogP contribution in [-0.4, -0.2) is 12.3 Å². The Balaban J connectivity index is 2.02. The molecule has 2 rings (SSSR count). The Morgan fingerprint density at radius 3 is 2.71 bits per heavy atom. The van der Waals surface area contributed by atoms with Crippen LogP contribution in [0.5, 0.6) is 11.5 Å². The summed E-state index contributed by atoms with van der Waals surface area (Å²) in [6.45, 7) is 4.32. The molecule has 1 unspecified atom stereocenters. The van der Waals surface area contributed by atoms with E-state index in [0.29, 0.717) is 6.79 Å². The summed E-state index contributed by atoms with van der Waals surface area (Å²) in [6.07, 6.45) is 1.76. The van der Waals surface area contributed by atoms with Crippen LogP contribution in [0.1, 0.15) is 38.3 Å². The second-order valence-corrected chi connectivity index (χ2v) is 5.25. The van der Waals surface area contributed by atoms with E-state index in [1.54, 1.807) is 0 Å². The summed E-state index contributed by atoms with van der Waals surface area (Å²) in [5.41, 5.74) is 13.0. The van der Waals surface area contributed by atoms with Crippen molar-refractivity contribution in [2.45, 2.75) is 38.3 Å². The number of nitrogens with two attached hydrogens (primary N) is 2. The minimum atomic E-state index is -0.173. The third-order valence-corrected chi connectivity index (χ3v) is 2.92. The molecule has 4 N–H and O–H groups in total. The lowest BCUT2D eigenvalue weighted by Crippen LogP contribution is -2.32. The van der Waals surface area contributed by atoms with Crippen molar-refractivity contribution in [3.05, 3.63) is 23.8 Å². The van der Waals surface area contributed by atoms with Gasteiger partial charge in [-0.25, -0.2) is 0 Å². The van der Waals surface area contributed by atoms with E-state index in [2.05, 4.69) is 0 Å². The second kappa shape index (κ2) is 4.55. The molecule has 1 aliphatic rings. The zero-order valence-electron chi connectivity index (χ0n) is 10.4. The predicted octanol–water partition coefficient (Wildman–Crippen LogP) is 1.93. The lowest BCUT2D eigenvalue weighted by atomic mass is 9.94. The maximum atomic E-state index is 6.14. The summed E-state index contributed by atoms with van der Waals surface area (Å²) >= 11 is 0. The van der Waals surface area contributed by atoms with Crippen molar-refractivity contribution in [1.29, 1.82) is 0 Å². The molecule has 0 aromatic heterocycles. The number of fused-ring (bicyclic) bond motifs is 1. The molecule has 0 bridgehead atoms. The molecular formula is C13H20N2O2. The van der Waals surface area contributed by atoms with Crippen LogP contribution in [0.4, 0.5) is 0 Å². The molecule has 1 heterocycles. The molecular weight excluding hydrogens is 216 g/mol. The molecule has 17 heavy (non-hydrogen) atoms. The van der Waals surface area contributed by atoms with Gasteiger partial charge in [0.15, 0.2) is 11.5 Å². The van der Waals surface area contributed by atoms with Crippen molar-refractivity contribution in [2.24, 2.45) is 11.5 Å². The summed E-state index contributed by atoms with van der Waals surface area (Å²) in [7, 11) is 0. The lowest BCUT2D eigenvalue weighted by Gasteiger charge is -2.21. The van der Waals surface area contributed by atoms with Gasteiger partial charge in [-0.15, -0.1) is 0 Å². The summed E-state index contributed by atoms with van der Waals surface area (Å²) in [5.74, 6) is 1.57.